The molecule has 1 rings (SSSR count). The van der Waals surface area contributed by atoms with Gasteiger partial charge in [0, 0.05) is 6.54 Å². The first-order valence-electron chi connectivity index (χ1n) is 4.16. The van der Waals surface area contributed by atoms with Gasteiger partial charge in [-0.05, 0) is 12.1 Å². The Hall–Kier alpha value is -1.43. The van der Waals surface area contributed by atoms with E-state index in [1.807, 2.05) is 0 Å². The Morgan fingerprint density at radius 3 is 2.40 bits per heavy atom. The molecule has 1 aromatic rings. The van der Waals surface area contributed by atoms with Gasteiger partial charge in [-0.25, -0.2) is 0 Å². The monoisotopic (exact) mass is 221 g/mol. The normalized spacial score (nSPS) is 13.6. The Morgan fingerprint density at radius 2 is 1.93 bits per heavy atom. The second-order valence-electron chi connectivity index (χ2n) is 2.85. The Kier molecular flexibility index (Phi) is 3.41. The van der Waals surface area contributed by atoms with Crippen LogP contribution in [-0.4, -0.2) is 23.9 Å². The topological polar surface area (TPSA) is 55.5 Å². The molecule has 1 unspecified atom stereocenters. The summed E-state index contributed by atoms with van der Waals surface area (Å²) in [4.78, 5) is 0. The van der Waals surface area contributed by atoms with Crippen molar-refractivity contribution in [3.63, 3.8) is 0 Å². The molecule has 3 N–H and O–H groups in total. The fraction of sp³-hybridized carbons (Fsp3) is 0.333. The number of phenols is 1. The largest absolute Gasteiger partial charge is 0.504 e. The molecule has 0 saturated heterocycles. The van der Waals surface area contributed by atoms with Gasteiger partial charge in [-0.1, -0.05) is 12.1 Å². The number of rotatable bonds is 3. The molecule has 0 heterocycles. The molecule has 0 aliphatic heterocycles. The number of hydrogen-bond acceptors (Lipinski definition) is 3. The van der Waals surface area contributed by atoms with E-state index in [4.69, 9.17) is 5.73 Å². The van der Waals surface area contributed by atoms with E-state index in [-0.39, 0.29) is 11.5 Å². The van der Waals surface area contributed by atoms with Crippen LogP contribution >= 0.6 is 0 Å². The summed E-state index contributed by atoms with van der Waals surface area (Å²) in [6, 6.07) is 5.41. The zero-order valence-electron chi connectivity index (χ0n) is 7.66. The van der Waals surface area contributed by atoms with Crippen molar-refractivity contribution in [2.75, 3.05) is 6.54 Å². The second-order valence-corrected chi connectivity index (χ2v) is 2.85. The maximum atomic E-state index is 12.3. The highest BCUT2D eigenvalue weighted by Gasteiger charge is 2.41. The van der Waals surface area contributed by atoms with Crippen molar-refractivity contribution < 1.29 is 23.0 Å². The number of halogens is 3. The van der Waals surface area contributed by atoms with Crippen molar-refractivity contribution in [2.45, 2.75) is 12.3 Å². The molecular formula is C9H10F3NO2. The lowest BCUT2D eigenvalue weighted by Gasteiger charge is -2.20. The lowest BCUT2D eigenvalue weighted by atomic mass is 10.3. The van der Waals surface area contributed by atoms with Crippen molar-refractivity contribution in [2.24, 2.45) is 5.73 Å². The minimum Gasteiger partial charge on any atom is -0.504 e. The highest BCUT2D eigenvalue weighted by Crippen LogP contribution is 2.30. The third-order valence-electron chi connectivity index (χ3n) is 1.71. The van der Waals surface area contributed by atoms with Gasteiger partial charge in [-0.3, -0.25) is 0 Å². The molecular weight excluding hydrogens is 211 g/mol. The molecule has 0 saturated carbocycles. The van der Waals surface area contributed by atoms with E-state index in [2.05, 4.69) is 4.74 Å². The van der Waals surface area contributed by atoms with Gasteiger partial charge in [0.2, 0.25) is 6.10 Å². The molecule has 0 fully saturated rings. The van der Waals surface area contributed by atoms with E-state index in [1.54, 1.807) is 0 Å². The molecule has 0 aromatic heterocycles. The Balaban J connectivity index is 2.80. The van der Waals surface area contributed by atoms with Crippen molar-refractivity contribution in [1.29, 1.82) is 0 Å². The van der Waals surface area contributed by atoms with Crippen LogP contribution in [0, 0.1) is 0 Å². The van der Waals surface area contributed by atoms with Crippen LogP contribution in [0.3, 0.4) is 0 Å². The minimum atomic E-state index is -4.54. The zero-order valence-corrected chi connectivity index (χ0v) is 7.66. The summed E-state index contributed by atoms with van der Waals surface area (Å²) >= 11 is 0. The van der Waals surface area contributed by atoms with Gasteiger partial charge in [-0.15, -0.1) is 0 Å². The molecule has 0 radical (unpaired) electrons. The van der Waals surface area contributed by atoms with Crippen LogP contribution in [0.25, 0.3) is 0 Å². The number of ether oxygens (including phenoxy) is 1. The first-order chi connectivity index (χ1) is 6.95. The average molecular weight is 221 g/mol. The fourth-order valence-electron chi connectivity index (χ4n) is 0.959. The minimum absolute atomic E-state index is 0.231. The van der Waals surface area contributed by atoms with Gasteiger partial charge in [0.1, 0.15) is 0 Å². The van der Waals surface area contributed by atoms with Crippen molar-refractivity contribution in [3.8, 4) is 11.5 Å². The quantitative estimate of drug-likeness (QED) is 0.816. The summed E-state index contributed by atoms with van der Waals surface area (Å²) in [6.45, 7) is -0.697. The van der Waals surface area contributed by atoms with Crippen molar-refractivity contribution in [1.82, 2.24) is 0 Å². The molecule has 84 valence electrons. The number of alkyl halides is 3. The lowest BCUT2D eigenvalue weighted by molar-refractivity contribution is -0.191. The molecule has 1 atom stereocenters. The molecule has 3 nitrogen and oxygen atoms in total. The highest BCUT2D eigenvalue weighted by molar-refractivity contribution is 5.38. The van der Waals surface area contributed by atoms with Crippen LogP contribution in [0.2, 0.25) is 0 Å². The Labute approximate surface area is 84.3 Å². The Bertz CT molecular complexity index is 327. The van der Waals surface area contributed by atoms with Gasteiger partial charge >= 0.3 is 6.18 Å². The van der Waals surface area contributed by atoms with E-state index in [9.17, 15) is 18.3 Å². The zero-order chi connectivity index (χ0) is 11.5. The number of aromatic hydroxyl groups is 1. The van der Waals surface area contributed by atoms with E-state index >= 15 is 0 Å². The standard InChI is InChI=1S/C9H10F3NO2/c10-9(11,12)8(5-13)15-7-4-2-1-3-6(7)14/h1-4,8,14H,5,13H2. The summed E-state index contributed by atoms with van der Waals surface area (Å²) in [6.07, 6.45) is -6.65. The van der Waals surface area contributed by atoms with Crippen LogP contribution in [0.4, 0.5) is 13.2 Å². The first-order valence-corrected chi connectivity index (χ1v) is 4.16. The first kappa shape index (κ1) is 11.6. The van der Waals surface area contributed by atoms with Crippen LogP contribution in [0.5, 0.6) is 11.5 Å². The Morgan fingerprint density at radius 1 is 1.33 bits per heavy atom. The summed E-state index contributed by atoms with van der Waals surface area (Å²) in [5.41, 5.74) is 4.93. The number of nitrogens with two attached hydrogens (primary N) is 1. The summed E-state index contributed by atoms with van der Waals surface area (Å²) in [7, 11) is 0. The SMILES string of the molecule is NCC(Oc1ccccc1O)C(F)(F)F. The van der Waals surface area contributed by atoms with Gasteiger partial charge < -0.3 is 15.6 Å². The maximum absolute atomic E-state index is 12.3. The maximum Gasteiger partial charge on any atom is 0.426 e. The van der Waals surface area contributed by atoms with Crippen molar-refractivity contribution in [3.05, 3.63) is 24.3 Å². The van der Waals surface area contributed by atoms with E-state index < -0.39 is 18.8 Å². The molecule has 0 aliphatic rings. The van der Waals surface area contributed by atoms with Crippen LogP contribution in [0.15, 0.2) is 24.3 Å². The third-order valence-corrected chi connectivity index (χ3v) is 1.71. The predicted molar refractivity (Wildman–Crippen MR) is 47.6 cm³/mol. The smallest absolute Gasteiger partial charge is 0.426 e. The van der Waals surface area contributed by atoms with Crippen LogP contribution < -0.4 is 10.5 Å². The molecule has 15 heavy (non-hydrogen) atoms. The van der Waals surface area contributed by atoms with Gasteiger partial charge in [0.05, 0.1) is 0 Å². The highest BCUT2D eigenvalue weighted by atomic mass is 19.4. The van der Waals surface area contributed by atoms with E-state index in [0.717, 1.165) is 0 Å². The summed E-state index contributed by atoms with van der Waals surface area (Å²) in [5, 5.41) is 9.19. The summed E-state index contributed by atoms with van der Waals surface area (Å²) < 4.78 is 41.3. The van der Waals surface area contributed by atoms with Crippen LogP contribution in [0.1, 0.15) is 0 Å². The average Bonchev–Trinajstić information content (AvgIpc) is 2.14. The van der Waals surface area contributed by atoms with E-state index in [1.165, 1.54) is 24.3 Å². The molecule has 0 aliphatic carbocycles. The van der Waals surface area contributed by atoms with Gasteiger partial charge in [0.15, 0.2) is 11.5 Å². The molecule has 1 aromatic carbocycles. The molecule has 6 heteroatoms. The van der Waals surface area contributed by atoms with Crippen LogP contribution in [-0.2, 0) is 0 Å². The van der Waals surface area contributed by atoms with Gasteiger partial charge in [-0.2, -0.15) is 13.2 Å². The van der Waals surface area contributed by atoms with Gasteiger partial charge in [0.25, 0.3) is 0 Å². The number of para-hydroxylation sites is 2. The fourth-order valence-corrected chi connectivity index (χ4v) is 0.959. The predicted octanol–water partition coefficient (Wildman–Crippen LogP) is 1.66. The molecule has 0 spiro atoms. The molecule has 0 bridgehead atoms. The number of phenolic OH excluding ortho intramolecular Hbond substituents is 1. The summed E-state index contributed by atoms with van der Waals surface area (Å²) in [5.74, 6) is -0.578. The number of hydrogen-bond donors (Lipinski definition) is 2. The second kappa shape index (κ2) is 4.39. The van der Waals surface area contributed by atoms with Crippen molar-refractivity contribution >= 4 is 0 Å². The van der Waals surface area contributed by atoms with E-state index in [0.29, 0.717) is 0 Å². The lowest BCUT2D eigenvalue weighted by Crippen LogP contribution is -2.40. The number of benzene rings is 1. The third kappa shape index (κ3) is 3.02. The molecule has 0 amide bonds.